The second-order valence-corrected chi connectivity index (χ2v) is 3.68. The Hall–Kier alpha value is -0.600. The topological polar surface area (TPSA) is 17.1 Å². The average molecular weight is 187 g/mol. The number of carbonyl (C=O) groups is 1. The van der Waals surface area contributed by atoms with Crippen LogP contribution in [0.5, 0.6) is 0 Å². The van der Waals surface area contributed by atoms with Crippen molar-refractivity contribution < 1.29 is 4.79 Å². The van der Waals surface area contributed by atoms with E-state index < -0.39 is 0 Å². The zero-order chi connectivity index (χ0) is 8.27. The molecule has 1 rings (SSSR count). The lowest BCUT2D eigenvalue weighted by Gasteiger charge is -1.84. The third-order valence-electron chi connectivity index (χ3n) is 1.13. The van der Waals surface area contributed by atoms with Crippen molar-refractivity contribution in [2.45, 2.75) is 6.92 Å². The van der Waals surface area contributed by atoms with Gasteiger partial charge in [-0.05, 0) is 25.1 Å². The zero-order valence-corrected chi connectivity index (χ0v) is 7.58. The molecule has 0 aliphatic heterocycles. The Bertz CT molecular complexity index is 288. The molecule has 0 N–H and O–H groups in total. The molecule has 1 aromatic heterocycles. The van der Waals surface area contributed by atoms with E-state index in [1.807, 2.05) is 6.92 Å². The van der Waals surface area contributed by atoms with Crippen LogP contribution in [0.4, 0.5) is 0 Å². The zero-order valence-electron chi connectivity index (χ0n) is 6.00. The van der Waals surface area contributed by atoms with Gasteiger partial charge in [-0.3, -0.25) is 4.79 Å². The third kappa shape index (κ3) is 2.17. The number of ketones is 1. The number of allylic oxidation sites excluding steroid dienone is 2. The molecule has 3 heteroatoms. The molecule has 1 heterocycles. The Morgan fingerprint density at radius 1 is 1.64 bits per heavy atom. The largest absolute Gasteiger partial charge is 0.288 e. The van der Waals surface area contributed by atoms with E-state index in [1.54, 1.807) is 18.2 Å². The lowest BCUT2D eigenvalue weighted by Crippen LogP contribution is -1.87. The van der Waals surface area contributed by atoms with Gasteiger partial charge >= 0.3 is 0 Å². The molecule has 0 aromatic carbocycles. The molecule has 0 unspecified atom stereocenters. The van der Waals surface area contributed by atoms with Gasteiger partial charge in [0.15, 0.2) is 5.78 Å². The SMILES string of the molecule is CC=CC(=O)c1ccc(Cl)s1. The smallest absolute Gasteiger partial charge is 0.195 e. The molecule has 0 amide bonds. The number of rotatable bonds is 2. The summed E-state index contributed by atoms with van der Waals surface area (Å²) in [6.45, 7) is 1.81. The van der Waals surface area contributed by atoms with Crippen LogP contribution in [0.25, 0.3) is 0 Å². The Balaban J connectivity index is 2.85. The van der Waals surface area contributed by atoms with Gasteiger partial charge in [-0.1, -0.05) is 17.7 Å². The normalized spacial score (nSPS) is 10.7. The molecular weight excluding hydrogens is 180 g/mol. The standard InChI is InChI=1S/C8H7ClOS/c1-2-3-6(10)7-4-5-8(9)11-7/h2-5H,1H3. The monoisotopic (exact) mass is 186 g/mol. The van der Waals surface area contributed by atoms with E-state index in [4.69, 9.17) is 11.6 Å². The molecule has 0 aliphatic carbocycles. The van der Waals surface area contributed by atoms with Crippen molar-refractivity contribution in [3.8, 4) is 0 Å². The molecule has 0 radical (unpaired) electrons. The number of hydrogen-bond donors (Lipinski definition) is 0. The van der Waals surface area contributed by atoms with Gasteiger partial charge in [-0.2, -0.15) is 0 Å². The lowest BCUT2D eigenvalue weighted by atomic mass is 10.3. The van der Waals surface area contributed by atoms with Gasteiger partial charge in [-0.15, -0.1) is 11.3 Å². The summed E-state index contributed by atoms with van der Waals surface area (Å²) in [5, 5.41) is 0. The van der Waals surface area contributed by atoms with E-state index in [1.165, 1.54) is 17.4 Å². The summed E-state index contributed by atoms with van der Waals surface area (Å²) in [7, 11) is 0. The molecular formula is C8H7ClOS. The number of thiophene rings is 1. The first-order valence-corrected chi connectivity index (χ1v) is 4.36. The fraction of sp³-hybridized carbons (Fsp3) is 0.125. The number of carbonyl (C=O) groups excluding carboxylic acids is 1. The van der Waals surface area contributed by atoms with Gasteiger partial charge in [0.05, 0.1) is 9.21 Å². The van der Waals surface area contributed by atoms with E-state index in [9.17, 15) is 4.79 Å². The Morgan fingerprint density at radius 3 is 2.82 bits per heavy atom. The fourth-order valence-electron chi connectivity index (χ4n) is 0.680. The highest BCUT2D eigenvalue weighted by Crippen LogP contribution is 2.21. The minimum atomic E-state index is 0.0180. The molecule has 0 atom stereocenters. The van der Waals surface area contributed by atoms with Gasteiger partial charge in [0.1, 0.15) is 0 Å². The fourth-order valence-corrected chi connectivity index (χ4v) is 1.64. The van der Waals surface area contributed by atoms with Crippen LogP contribution >= 0.6 is 22.9 Å². The predicted molar refractivity (Wildman–Crippen MR) is 48.5 cm³/mol. The van der Waals surface area contributed by atoms with Crippen molar-refractivity contribution in [3.05, 3.63) is 33.5 Å². The van der Waals surface area contributed by atoms with Crippen LogP contribution < -0.4 is 0 Å². The van der Waals surface area contributed by atoms with Gasteiger partial charge in [0, 0.05) is 0 Å². The molecule has 1 aromatic rings. The quantitative estimate of drug-likeness (QED) is 0.512. The maximum Gasteiger partial charge on any atom is 0.195 e. The maximum atomic E-state index is 11.1. The van der Waals surface area contributed by atoms with Crippen LogP contribution in [-0.2, 0) is 0 Å². The van der Waals surface area contributed by atoms with Crippen molar-refractivity contribution in [3.63, 3.8) is 0 Å². The molecule has 0 bridgehead atoms. The lowest BCUT2D eigenvalue weighted by molar-refractivity contribution is 0.105. The van der Waals surface area contributed by atoms with Crippen molar-refractivity contribution in [2.24, 2.45) is 0 Å². The summed E-state index contributed by atoms with van der Waals surface area (Å²) in [6.07, 6.45) is 3.25. The summed E-state index contributed by atoms with van der Waals surface area (Å²) in [6, 6.07) is 3.46. The van der Waals surface area contributed by atoms with Crippen molar-refractivity contribution in [2.75, 3.05) is 0 Å². The molecule has 1 nitrogen and oxygen atoms in total. The van der Waals surface area contributed by atoms with Crippen molar-refractivity contribution in [1.29, 1.82) is 0 Å². The van der Waals surface area contributed by atoms with E-state index in [2.05, 4.69) is 0 Å². The molecule has 11 heavy (non-hydrogen) atoms. The summed E-state index contributed by atoms with van der Waals surface area (Å²) >= 11 is 6.95. The highest BCUT2D eigenvalue weighted by atomic mass is 35.5. The first kappa shape index (κ1) is 8.50. The minimum Gasteiger partial charge on any atom is -0.288 e. The molecule has 0 fully saturated rings. The van der Waals surface area contributed by atoms with Gasteiger partial charge in [0.25, 0.3) is 0 Å². The van der Waals surface area contributed by atoms with Crippen LogP contribution in [0.1, 0.15) is 16.6 Å². The first-order chi connectivity index (χ1) is 5.24. The Labute approximate surface area is 74.3 Å². The molecule has 0 saturated heterocycles. The van der Waals surface area contributed by atoms with E-state index in [0.29, 0.717) is 9.21 Å². The second-order valence-electron chi connectivity index (χ2n) is 1.97. The minimum absolute atomic E-state index is 0.0180. The summed E-state index contributed by atoms with van der Waals surface area (Å²) in [5.74, 6) is 0.0180. The second kappa shape index (κ2) is 3.69. The van der Waals surface area contributed by atoms with Gasteiger partial charge in [-0.25, -0.2) is 0 Å². The summed E-state index contributed by atoms with van der Waals surface area (Å²) < 4.78 is 0.651. The van der Waals surface area contributed by atoms with Gasteiger partial charge < -0.3 is 0 Å². The van der Waals surface area contributed by atoms with Crippen molar-refractivity contribution >= 4 is 28.7 Å². The number of halogens is 1. The Kier molecular flexibility index (Phi) is 2.85. The maximum absolute atomic E-state index is 11.1. The van der Waals surface area contributed by atoms with Gasteiger partial charge in [0.2, 0.25) is 0 Å². The average Bonchev–Trinajstić information content (AvgIpc) is 2.36. The Morgan fingerprint density at radius 2 is 2.36 bits per heavy atom. The van der Waals surface area contributed by atoms with E-state index in [-0.39, 0.29) is 5.78 Å². The highest BCUT2D eigenvalue weighted by Gasteiger charge is 2.03. The van der Waals surface area contributed by atoms with Crippen LogP contribution in [0.3, 0.4) is 0 Å². The molecule has 0 saturated carbocycles. The summed E-state index contributed by atoms with van der Waals surface area (Å²) in [4.78, 5) is 11.8. The van der Waals surface area contributed by atoms with Crippen LogP contribution in [0.2, 0.25) is 4.34 Å². The van der Waals surface area contributed by atoms with Crippen LogP contribution in [0.15, 0.2) is 24.3 Å². The van der Waals surface area contributed by atoms with E-state index >= 15 is 0 Å². The van der Waals surface area contributed by atoms with E-state index in [0.717, 1.165) is 0 Å². The first-order valence-electron chi connectivity index (χ1n) is 3.16. The third-order valence-corrected chi connectivity index (χ3v) is 2.38. The molecule has 0 spiro atoms. The predicted octanol–water partition coefficient (Wildman–Crippen LogP) is 3.16. The highest BCUT2D eigenvalue weighted by molar-refractivity contribution is 7.18. The van der Waals surface area contributed by atoms with Crippen LogP contribution in [0, 0.1) is 0 Å². The molecule has 58 valence electrons. The summed E-state index contributed by atoms with van der Waals surface area (Å²) in [5.41, 5.74) is 0. The number of hydrogen-bond acceptors (Lipinski definition) is 2. The van der Waals surface area contributed by atoms with Crippen LogP contribution in [-0.4, -0.2) is 5.78 Å². The molecule has 0 aliphatic rings. The van der Waals surface area contributed by atoms with Crippen molar-refractivity contribution in [1.82, 2.24) is 0 Å².